The van der Waals surface area contributed by atoms with Crippen molar-refractivity contribution in [3.63, 3.8) is 0 Å². The maximum atomic E-state index is 13.1. The Hall–Kier alpha value is -2.26. The van der Waals surface area contributed by atoms with Crippen molar-refractivity contribution in [2.75, 3.05) is 5.73 Å². The standard InChI is InChI=1S/C10H8F5N5/c11-5-1-2-7(16)6(3-5)8-17-18-19-20(8)4-10(14,15)9(12)13/h1-3,9H,4,16H2. The lowest BCUT2D eigenvalue weighted by molar-refractivity contribution is -0.139. The van der Waals surface area contributed by atoms with Crippen molar-refractivity contribution >= 4 is 5.69 Å². The van der Waals surface area contributed by atoms with Gasteiger partial charge in [0.15, 0.2) is 5.82 Å². The van der Waals surface area contributed by atoms with E-state index >= 15 is 0 Å². The smallest absolute Gasteiger partial charge is 0.326 e. The highest BCUT2D eigenvalue weighted by atomic mass is 19.3. The number of hydrogen-bond donors (Lipinski definition) is 1. The summed E-state index contributed by atoms with van der Waals surface area (Å²) in [6, 6.07) is 3.17. The van der Waals surface area contributed by atoms with E-state index in [9.17, 15) is 22.0 Å². The minimum absolute atomic E-state index is 0.0304. The first-order valence-electron chi connectivity index (χ1n) is 5.29. The van der Waals surface area contributed by atoms with Gasteiger partial charge in [-0.2, -0.15) is 8.78 Å². The summed E-state index contributed by atoms with van der Waals surface area (Å²) in [6.07, 6.45) is -3.87. The molecule has 1 aromatic heterocycles. The monoisotopic (exact) mass is 293 g/mol. The lowest BCUT2D eigenvalue weighted by Gasteiger charge is -2.15. The summed E-state index contributed by atoms with van der Waals surface area (Å²) in [7, 11) is 0. The van der Waals surface area contributed by atoms with Crippen LogP contribution in [-0.4, -0.2) is 32.6 Å². The predicted octanol–water partition coefficient (Wildman–Crippen LogP) is 1.96. The maximum absolute atomic E-state index is 13.1. The number of tetrazole rings is 1. The molecule has 2 rings (SSSR count). The molecule has 0 spiro atoms. The molecule has 0 unspecified atom stereocenters. The Morgan fingerprint density at radius 1 is 1.30 bits per heavy atom. The van der Waals surface area contributed by atoms with Crippen LogP contribution in [0.25, 0.3) is 11.4 Å². The van der Waals surface area contributed by atoms with Crippen molar-refractivity contribution in [3.8, 4) is 11.4 Å². The van der Waals surface area contributed by atoms with Crippen LogP contribution >= 0.6 is 0 Å². The average Bonchev–Trinajstić information content (AvgIpc) is 2.79. The fourth-order valence-electron chi connectivity index (χ4n) is 1.49. The summed E-state index contributed by atoms with van der Waals surface area (Å²) < 4.78 is 63.9. The van der Waals surface area contributed by atoms with Crippen molar-refractivity contribution in [3.05, 3.63) is 24.0 Å². The Morgan fingerprint density at radius 2 is 2.00 bits per heavy atom. The third-order valence-corrected chi connectivity index (χ3v) is 2.47. The van der Waals surface area contributed by atoms with Gasteiger partial charge in [0.25, 0.3) is 0 Å². The second kappa shape index (κ2) is 5.02. The van der Waals surface area contributed by atoms with Gasteiger partial charge in [-0.05, 0) is 28.6 Å². The van der Waals surface area contributed by atoms with Gasteiger partial charge >= 0.3 is 12.3 Å². The van der Waals surface area contributed by atoms with Crippen LogP contribution < -0.4 is 5.73 Å². The summed E-state index contributed by atoms with van der Waals surface area (Å²) in [5.74, 6) is -5.32. The van der Waals surface area contributed by atoms with E-state index in [4.69, 9.17) is 5.73 Å². The number of nitrogens with zero attached hydrogens (tertiary/aromatic N) is 4. The van der Waals surface area contributed by atoms with Crippen molar-refractivity contribution in [1.29, 1.82) is 0 Å². The molecule has 0 saturated carbocycles. The molecule has 0 aliphatic carbocycles. The van der Waals surface area contributed by atoms with Crippen LogP contribution in [0.4, 0.5) is 27.6 Å². The molecule has 20 heavy (non-hydrogen) atoms. The molecule has 0 bridgehead atoms. The summed E-state index contributed by atoms with van der Waals surface area (Å²) in [4.78, 5) is 0. The van der Waals surface area contributed by atoms with Gasteiger partial charge in [0.2, 0.25) is 0 Å². The molecule has 1 heterocycles. The molecule has 2 N–H and O–H groups in total. The molecule has 108 valence electrons. The molecule has 2 aromatic rings. The van der Waals surface area contributed by atoms with E-state index in [0.717, 1.165) is 12.1 Å². The predicted molar refractivity (Wildman–Crippen MR) is 58.6 cm³/mol. The van der Waals surface area contributed by atoms with Gasteiger partial charge in [0.05, 0.1) is 0 Å². The normalized spacial score (nSPS) is 12.1. The highest BCUT2D eigenvalue weighted by Gasteiger charge is 2.42. The SMILES string of the molecule is Nc1ccc(F)cc1-c1nnnn1CC(F)(F)C(F)F. The summed E-state index contributed by atoms with van der Waals surface area (Å²) in [6.45, 7) is -1.44. The van der Waals surface area contributed by atoms with Gasteiger partial charge in [-0.3, -0.25) is 0 Å². The number of nitrogen functional groups attached to an aromatic ring is 1. The Bertz CT molecular complexity index is 612. The van der Waals surface area contributed by atoms with Gasteiger partial charge in [-0.25, -0.2) is 17.9 Å². The molecule has 0 radical (unpaired) electrons. The van der Waals surface area contributed by atoms with Crippen LogP contribution in [-0.2, 0) is 6.54 Å². The van der Waals surface area contributed by atoms with E-state index in [1.54, 1.807) is 0 Å². The zero-order chi connectivity index (χ0) is 14.9. The number of alkyl halides is 4. The van der Waals surface area contributed by atoms with Gasteiger partial charge < -0.3 is 5.73 Å². The molecule has 10 heteroatoms. The number of rotatable bonds is 4. The van der Waals surface area contributed by atoms with E-state index in [1.165, 1.54) is 6.07 Å². The Balaban J connectivity index is 2.41. The average molecular weight is 293 g/mol. The third-order valence-electron chi connectivity index (χ3n) is 2.47. The second-order valence-electron chi connectivity index (χ2n) is 3.95. The van der Waals surface area contributed by atoms with Gasteiger partial charge in [-0.15, -0.1) is 5.10 Å². The van der Waals surface area contributed by atoms with Crippen molar-refractivity contribution in [1.82, 2.24) is 20.2 Å². The summed E-state index contributed by atoms with van der Waals surface area (Å²) >= 11 is 0. The largest absolute Gasteiger partial charge is 0.398 e. The lowest BCUT2D eigenvalue weighted by atomic mass is 10.1. The first-order valence-corrected chi connectivity index (χ1v) is 5.29. The van der Waals surface area contributed by atoms with Crippen LogP contribution in [0, 0.1) is 5.82 Å². The number of nitrogens with two attached hydrogens (primary N) is 1. The van der Waals surface area contributed by atoms with Gasteiger partial charge in [0.1, 0.15) is 12.4 Å². The van der Waals surface area contributed by atoms with Crippen LogP contribution in [0.15, 0.2) is 18.2 Å². The minimum Gasteiger partial charge on any atom is -0.398 e. The molecular weight excluding hydrogens is 285 g/mol. The third kappa shape index (κ3) is 2.68. The minimum atomic E-state index is -4.31. The Morgan fingerprint density at radius 3 is 2.65 bits per heavy atom. The molecule has 1 aromatic carbocycles. The first kappa shape index (κ1) is 14.2. The van der Waals surface area contributed by atoms with Crippen molar-refractivity contribution < 1.29 is 22.0 Å². The van der Waals surface area contributed by atoms with Gasteiger partial charge in [0, 0.05) is 11.3 Å². The fraction of sp³-hybridized carbons (Fsp3) is 0.300. The van der Waals surface area contributed by atoms with E-state index < -0.39 is 24.7 Å². The van der Waals surface area contributed by atoms with E-state index in [1.807, 2.05) is 0 Å². The molecular formula is C10H8F5N5. The summed E-state index contributed by atoms with van der Waals surface area (Å²) in [5.41, 5.74) is 5.54. The van der Waals surface area contributed by atoms with E-state index in [-0.39, 0.29) is 17.1 Å². The van der Waals surface area contributed by atoms with E-state index in [0.29, 0.717) is 4.68 Å². The molecule has 0 saturated heterocycles. The Kier molecular flexibility index (Phi) is 3.55. The van der Waals surface area contributed by atoms with E-state index in [2.05, 4.69) is 15.5 Å². The van der Waals surface area contributed by atoms with Crippen molar-refractivity contribution in [2.24, 2.45) is 0 Å². The second-order valence-corrected chi connectivity index (χ2v) is 3.95. The maximum Gasteiger partial charge on any atom is 0.326 e. The highest BCUT2D eigenvalue weighted by molar-refractivity contribution is 5.71. The zero-order valence-corrected chi connectivity index (χ0v) is 9.77. The molecule has 0 aliphatic rings. The van der Waals surface area contributed by atoms with Crippen molar-refractivity contribution in [2.45, 2.75) is 18.9 Å². The molecule has 0 aliphatic heterocycles. The first-order chi connectivity index (χ1) is 9.31. The van der Waals surface area contributed by atoms with Crippen LogP contribution in [0.1, 0.15) is 0 Å². The Labute approximate surface area is 109 Å². The number of anilines is 1. The van der Waals surface area contributed by atoms with Gasteiger partial charge in [-0.1, -0.05) is 0 Å². The number of aromatic nitrogens is 4. The molecule has 0 atom stereocenters. The number of halogens is 5. The van der Waals surface area contributed by atoms with Crippen LogP contribution in [0.5, 0.6) is 0 Å². The van der Waals surface area contributed by atoms with Crippen LogP contribution in [0.3, 0.4) is 0 Å². The topological polar surface area (TPSA) is 69.6 Å². The molecule has 0 amide bonds. The van der Waals surface area contributed by atoms with Crippen LogP contribution in [0.2, 0.25) is 0 Å². The zero-order valence-electron chi connectivity index (χ0n) is 9.77. The lowest BCUT2D eigenvalue weighted by Crippen LogP contribution is -2.33. The number of hydrogen-bond acceptors (Lipinski definition) is 4. The summed E-state index contributed by atoms with van der Waals surface area (Å²) in [5, 5.41) is 9.72. The fourth-order valence-corrected chi connectivity index (χ4v) is 1.49. The molecule has 5 nitrogen and oxygen atoms in total. The quantitative estimate of drug-likeness (QED) is 0.691. The molecule has 0 fully saturated rings. The number of benzene rings is 1. The highest BCUT2D eigenvalue weighted by Crippen LogP contribution is 2.28.